The van der Waals surface area contributed by atoms with Crippen molar-refractivity contribution in [2.75, 3.05) is 32.9 Å². The molecule has 2 atom stereocenters. The van der Waals surface area contributed by atoms with Crippen LogP contribution in [0.4, 0.5) is 4.79 Å². The van der Waals surface area contributed by atoms with Crippen LogP contribution in [0.25, 0.3) is 0 Å². The van der Waals surface area contributed by atoms with E-state index in [2.05, 4.69) is 5.32 Å². The van der Waals surface area contributed by atoms with Gasteiger partial charge in [-0.25, -0.2) is 4.79 Å². The molecule has 0 aliphatic carbocycles. The Hall–Kier alpha value is -1.34. The highest BCUT2D eigenvalue weighted by Gasteiger charge is 2.29. The molecule has 2 saturated heterocycles. The minimum Gasteiger partial charge on any atom is -0.481 e. The van der Waals surface area contributed by atoms with Crippen molar-refractivity contribution in [2.45, 2.75) is 31.4 Å². The summed E-state index contributed by atoms with van der Waals surface area (Å²) in [5.74, 6) is -0.924. The van der Waals surface area contributed by atoms with Gasteiger partial charge < -0.3 is 24.8 Å². The average molecular weight is 272 g/mol. The van der Waals surface area contributed by atoms with E-state index < -0.39 is 12.0 Å². The van der Waals surface area contributed by atoms with Crippen LogP contribution in [0.3, 0.4) is 0 Å². The van der Waals surface area contributed by atoms with Crippen molar-refractivity contribution in [1.29, 1.82) is 0 Å². The summed E-state index contributed by atoms with van der Waals surface area (Å²) in [6.07, 6.45) is 1.98. The number of hydrogen-bond acceptors (Lipinski definition) is 4. The van der Waals surface area contributed by atoms with Gasteiger partial charge in [0.05, 0.1) is 31.8 Å². The zero-order valence-corrected chi connectivity index (χ0v) is 10.8. The zero-order chi connectivity index (χ0) is 13.7. The van der Waals surface area contributed by atoms with Crippen molar-refractivity contribution < 1.29 is 24.2 Å². The van der Waals surface area contributed by atoms with Crippen molar-refractivity contribution in [3.8, 4) is 0 Å². The molecule has 2 unspecified atom stereocenters. The fraction of sp³-hybridized carbons (Fsp3) is 0.833. The number of nitrogens with zero attached hydrogens (tertiary/aromatic N) is 1. The van der Waals surface area contributed by atoms with Gasteiger partial charge in [-0.1, -0.05) is 0 Å². The van der Waals surface area contributed by atoms with Crippen LogP contribution in [0.15, 0.2) is 0 Å². The fourth-order valence-electron chi connectivity index (χ4n) is 2.40. The van der Waals surface area contributed by atoms with E-state index in [9.17, 15) is 9.59 Å². The second kappa shape index (κ2) is 6.72. The molecule has 2 rings (SSSR count). The maximum atomic E-state index is 12.1. The Morgan fingerprint density at radius 1 is 1.37 bits per heavy atom. The molecule has 2 aliphatic rings. The molecule has 0 bridgehead atoms. The van der Waals surface area contributed by atoms with Crippen LogP contribution >= 0.6 is 0 Å². The first-order valence-corrected chi connectivity index (χ1v) is 6.62. The molecule has 0 aromatic heterocycles. The second-order valence-corrected chi connectivity index (χ2v) is 4.84. The summed E-state index contributed by atoms with van der Waals surface area (Å²) in [6, 6.07) is -0.624. The van der Waals surface area contributed by atoms with E-state index in [1.807, 2.05) is 0 Å². The highest BCUT2D eigenvalue weighted by molar-refractivity contribution is 5.76. The van der Waals surface area contributed by atoms with E-state index >= 15 is 0 Å². The van der Waals surface area contributed by atoms with Crippen molar-refractivity contribution in [2.24, 2.45) is 0 Å². The van der Waals surface area contributed by atoms with E-state index in [1.165, 1.54) is 0 Å². The monoisotopic (exact) mass is 272 g/mol. The third-order valence-corrected chi connectivity index (χ3v) is 3.40. The third-order valence-electron chi connectivity index (χ3n) is 3.40. The van der Waals surface area contributed by atoms with E-state index in [4.69, 9.17) is 14.6 Å². The van der Waals surface area contributed by atoms with Crippen LogP contribution in [0.2, 0.25) is 0 Å². The molecule has 0 radical (unpaired) electrons. The Balaban J connectivity index is 1.82. The van der Waals surface area contributed by atoms with Crippen LogP contribution in [-0.4, -0.2) is 67.1 Å². The summed E-state index contributed by atoms with van der Waals surface area (Å²) in [7, 11) is 0. The van der Waals surface area contributed by atoms with Gasteiger partial charge in [0.15, 0.2) is 0 Å². The number of carbonyl (C=O) groups excluding carboxylic acids is 1. The molecule has 7 nitrogen and oxygen atoms in total. The van der Waals surface area contributed by atoms with Gasteiger partial charge in [-0.2, -0.15) is 0 Å². The first-order valence-electron chi connectivity index (χ1n) is 6.62. The lowest BCUT2D eigenvalue weighted by Gasteiger charge is -2.35. The number of carboxylic acids is 1. The molecule has 7 heteroatoms. The molecule has 2 heterocycles. The van der Waals surface area contributed by atoms with Gasteiger partial charge >= 0.3 is 12.0 Å². The third kappa shape index (κ3) is 4.07. The summed E-state index contributed by atoms with van der Waals surface area (Å²) in [4.78, 5) is 24.4. The summed E-state index contributed by atoms with van der Waals surface area (Å²) in [5.41, 5.74) is 0. The summed E-state index contributed by atoms with van der Waals surface area (Å²) >= 11 is 0. The predicted octanol–water partition coefficient (Wildman–Crippen LogP) is 0.0505. The van der Waals surface area contributed by atoms with Crippen LogP contribution in [-0.2, 0) is 14.3 Å². The van der Waals surface area contributed by atoms with Gasteiger partial charge in [-0.3, -0.25) is 4.79 Å². The first-order chi connectivity index (χ1) is 9.16. The maximum absolute atomic E-state index is 12.1. The van der Waals surface area contributed by atoms with E-state index in [0.29, 0.717) is 19.7 Å². The molecule has 0 spiro atoms. The van der Waals surface area contributed by atoms with Crippen LogP contribution in [0.5, 0.6) is 0 Å². The van der Waals surface area contributed by atoms with Gasteiger partial charge in [-0.05, 0) is 12.8 Å². The molecule has 0 saturated carbocycles. The zero-order valence-electron chi connectivity index (χ0n) is 10.8. The standard InChI is InChI=1S/C12H20N2O5/c15-11(16)6-9-8-18-5-3-14(9)12(17)13-7-10-2-1-4-19-10/h9-10H,1-8H2,(H,13,17)(H,15,16). The molecule has 2 N–H and O–H groups in total. The van der Waals surface area contributed by atoms with Crippen LogP contribution in [0.1, 0.15) is 19.3 Å². The lowest BCUT2D eigenvalue weighted by atomic mass is 10.1. The van der Waals surface area contributed by atoms with E-state index in [-0.39, 0.29) is 25.2 Å². The second-order valence-electron chi connectivity index (χ2n) is 4.84. The lowest BCUT2D eigenvalue weighted by Crippen LogP contribution is -2.54. The van der Waals surface area contributed by atoms with Crippen LogP contribution in [0, 0.1) is 0 Å². The van der Waals surface area contributed by atoms with E-state index in [0.717, 1.165) is 19.4 Å². The quantitative estimate of drug-likeness (QED) is 0.755. The molecular formula is C12H20N2O5. The molecule has 0 aromatic rings. The molecule has 19 heavy (non-hydrogen) atoms. The number of rotatable bonds is 4. The topological polar surface area (TPSA) is 88.1 Å². The minimum absolute atomic E-state index is 0.0860. The van der Waals surface area contributed by atoms with Gasteiger partial charge in [0.25, 0.3) is 0 Å². The predicted molar refractivity (Wildman–Crippen MR) is 65.9 cm³/mol. The van der Waals surface area contributed by atoms with Gasteiger partial charge in [0.2, 0.25) is 0 Å². The molecule has 2 fully saturated rings. The molecule has 2 amide bonds. The maximum Gasteiger partial charge on any atom is 0.317 e. The number of urea groups is 1. The Morgan fingerprint density at radius 3 is 2.89 bits per heavy atom. The molecular weight excluding hydrogens is 252 g/mol. The van der Waals surface area contributed by atoms with Crippen molar-refractivity contribution >= 4 is 12.0 Å². The van der Waals surface area contributed by atoms with Crippen molar-refractivity contribution in [1.82, 2.24) is 10.2 Å². The van der Waals surface area contributed by atoms with Gasteiger partial charge in [0.1, 0.15) is 0 Å². The Labute approximate surface area is 111 Å². The van der Waals surface area contributed by atoms with Crippen molar-refractivity contribution in [3.63, 3.8) is 0 Å². The van der Waals surface area contributed by atoms with Gasteiger partial charge in [0, 0.05) is 19.7 Å². The smallest absolute Gasteiger partial charge is 0.317 e. The summed E-state index contributed by atoms with van der Waals surface area (Å²) in [5, 5.41) is 11.6. The summed E-state index contributed by atoms with van der Waals surface area (Å²) in [6.45, 7) is 2.38. The number of carboxylic acid groups (broad SMARTS) is 1. The largest absolute Gasteiger partial charge is 0.481 e. The van der Waals surface area contributed by atoms with Gasteiger partial charge in [-0.15, -0.1) is 0 Å². The Morgan fingerprint density at radius 2 is 2.21 bits per heavy atom. The first kappa shape index (κ1) is 14.1. The van der Waals surface area contributed by atoms with E-state index in [1.54, 1.807) is 4.90 Å². The number of aliphatic carboxylic acids is 1. The number of amides is 2. The fourth-order valence-corrected chi connectivity index (χ4v) is 2.40. The number of hydrogen-bond donors (Lipinski definition) is 2. The highest BCUT2D eigenvalue weighted by atomic mass is 16.5. The number of ether oxygens (including phenoxy) is 2. The average Bonchev–Trinajstić information content (AvgIpc) is 2.89. The lowest BCUT2D eigenvalue weighted by molar-refractivity contribution is -0.139. The number of carbonyl (C=O) groups is 2. The normalized spacial score (nSPS) is 27.3. The summed E-state index contributed by atoms with van der Waals surface area (Å²) < 4.78 is 10.7. The SMILES string of the molecule is O=C(O)CC1COCCN1C(=O)NCC1CCCO1. The Kier molecular flexibility index (Phi) is 4.98. The van der Waals surface area contributed by atoms with Crippen LogP contribution < -0.4 is 5.32 Å². The molecule has 0 aromatic carbocycles. The number of nitrogens with one attached hydrogen (secondary N) is 1. The minimum atomic E-state index is -0.924. The molecule has 108 valence electrons. The number of morpholine rings is 1. The molecule has 2 aliphatic heterocycles. The Bertz CT molecular complexity index is 330. The van der Waals surface area contributed by atoms with Crippen molar-refractivity contribution in [3.05, 3.63) is 0 Å². The highest BCUT2D eigenvalue weighted by Crippen LogP contribution is 2.13.